The van der Waals surface area contributed by atoms with Gasteiger partial charge in [0.2, 0.25) is 0 Å². The van der Waals surface area contributed by atoms with Crippen LogP contribution in [-0.4, -0.2) is 15.4 Å². The van der Waals surface area contributed by atoms with Crippen LogP contribution in [-0.2, 0) is 12.8 Å². The van der Waals surface area contributed by atoms with E-state index in [2.05, 4.69) is 4.98 Å². The molecule has 0 amide bonds. The van der Waals surface area contributed by atoms with E-state index in [0.29, 0.717) is 6.42 Å². The van der Waals surface area contributed by atoms with Crippen molar-refractivity contribution in [2.75, 3.05) is 0 Å². The summed E-state index contributed by atoms with van der Waals surface area (Å²) >= 11 is 1.54. The van der Waals surface area contributed by atoms with E-state index in [1.807, 2.05) is 22.2 Å². The Hall–Kier alpha value is -1.79. The Kier molecular flexibility index (Phi) is 3.50. The van der Waals surface area contributed by atoms with Crippen molar-refractivity contribution in [1.82, 2.24) is 9.38 Å². The molecule has 20 heavy (non-hydrogen) atoms. The highest BCUT2D eigenvalue weighted by atomic mass is 32.1. The number of hydrogen-bond acceptors (Lipinski definition) is 3. The summed E-state index contributed by atoms with van der Waals surface area (Å²) in [5.41, 5.74) is 6.86. The zero-order valence-electron chi connectivity index (χ0n) is 10.6. The number of thiazole rings is 1. The second-order valence-corrected chi connectivity index (χ2v) is 5.57. The zero-order chi connectivity index (χ0) is 14.1. The molecule has 0 saturated heterocycles. The Morgan fingerprint density at radius 3 is 2.70 bits per heavy atom. The second-order valence-electron chi connectivity index (χ2n) is 4.69. The molecule has 1 unspecified atom stereocenters. The third-order valence-electron chi connectivity index (χ3n) is 3.14. The maximum atomic E-state index is 13.6. The molecule has 0 bridgehead atoms. The minimum atomic E-state index is -0.550. The van der Waals surface area contributed by atoms with Gasteiger partial charge in [0, 0.05) is 35.8 Å². The fourth-order valence-electron chi connectivity index (χ4n) is 2.20. The van der Waals surface area contributed by atoms with Crippen LogP contribution in [0, 0.1) is 11.6 Å². The number of rotatable bonds is 4. The first-order valence-corrected chi connectivity index (χ1v) is 7.11. The summed E-state index contributed by atoms with van der Waals surface area (Å²) in [5, 5.41) is 1.95. The highest BCUT2D eigenvalue weighted by Gasteiger charge is 2.14. The van der Waals surface area contributed by atoms with Crippen LogP contribution in [0.4, 0.5) is 8.78 Å². The molecule has 3 nitrogen and oxygen atoms in total. The van der Waals surface area contributed by atoms with Crippen LogP contribution in [0.3, 0.4) is 0 Å². The molecule has 1 aromatic carbocycles. The first-order chi connectivity index (χ1) is 9.63. The molecule has 2 N–H and O–H groups in total. The van der Waals surface area contributed by atoms with Crippen molar-refractivity contribution >= 4 is 16.3 Å². The van der Waals surface area contributed by atoms with Crippen molar-refractivity contribution in [3.63, 3.8) is 0 Å². The van der Waals surface area contributed by atoms with E-state index in [4.69, 9.17) is 5.73 Å². The number of aromatic nitrogens is 2. The quantitative estimate of drug-likeness (QED) is 0.804. The summed E-state index contributed by atoms with van der Waals surface area (Å²) in [6.07, 6.45) is 4.45. The maximum absolute atomic E-state index is 13.6. The van der Waals surface area contributed by atoms with Gasteiger partial charge < -0.3 is 5.73 Å². The minimum Gasteiger partial charge on any atom is -0.327 e. The molecule has 3 rings (SSSR count). The van der Waals surface area contributed by atoms with Crippen molar-refractivity contribution in [3.8, 4) is 0 Å². The van der Waals surface area contributed by atoms with Crippen molar-refractivity contribution in [2.24, 2.45) is 5.73 Å². The molecule has 0 aliphatic carbocycles. The monoisotopic (exact) mass is 293 g/mol. The number of fused-ring (bicyclic) bond motifs is 1. The number of nitrogens with zero attached hydrogens (tertiary/aromatic N) is 2. The minimum absolute atomic E-state index is 0.0426. The number of nitrogens with two attached hydrogens (primary N) is 1. The van der Waals surface area contributed by atoms with E-state index in [0.717, 1.165) is 10.7 Å². The van der Waals surface area contributed by atoms with E-state index < -0.39 is 11.6 Å². The SMILES string of the molecule is NC(Cc1cn2ccsc2n1)Cc1c(F)cccc1F. The van der Waals surface area contributed by atoms with E-state index in [1.54, 1.807) is 0 Å². The molecule has 0 aliphatic rings. The van der Waals surface area contributed by atoms with Gasteiger partial charge in [-0.1, -0.05) is 6.07 Å². The predicted octanol–water partition coefficient (Wildman–Crippen LogP) is 2.79. The van der Waals surface area contributed by atoms with Crippen molar-refractivity contribution < 1.29 is 8.78 Å². The summed E-state index contributed by atoms with van der Waals surface area (Å²) in [5.74, 6) is -1.10. The third-order valence-corrected chi connectivity index (χ3v) is 3.91. The number of imidazole rings is 1. The molecule has 6 heteroatoms. The molecule has 1 atom stereocenters. The lowest BCUT2D eigenvalue weighted by atomic mass is 10.0. The van der Waals surface area contributed by atoms with Crippen molar-refractivity contribution in [2.45, 2.75) is 18.9 Å². The maximum Gasteiger partial charge on any atom is 0.193 e. The van der Waals surface area contributed by atoms with Gasteiger partial charge in [-0.2, -0.15) is 0 Å². The number of halogens is 2. The van der Waals surface area contributed by atoms with Gasteiger partial charge in [0.25, 0.3) is 0 Å². The van der Waals surface area contributed by atoms with E-state index in [1.165, 1.54) is 29.5 Å². The Labute approximate surface area is 118 Å². The average molecular weight is 293 g/mol. The first kappa shape index (κ1) is 13.2. The second kappa shape index (κ2) is 5.30. The number of hydrogen-bond donors (Lipinski definition) is 1. The summed E-state index contributed by atoms with van der Waals surface area (Å²) in [7, 11) is 0. The van der Waals surface area contributed by atoms with Crippen LogP contribution in [0.2, 0.25) is 0 Å². The van der Waals surface area contributed by atoms with Crippen LogP contribution in [0.5, 0.6) is 0 Å². The summed E-state index contributed by atoms with van der Waals surface area (Å²) in [4.78, 5) is 5.31. The molecule has 0 radical (unpaired) electrons. The average Bonchev–Trinajstić information content (AvgIpc) is 2.94. The zero-order valence-corrected chi connectivity index (χ0v) is 11.4. The first-order valence-electron chi connectivity index (χ1n) is 6.23. The fraction of sp³-hybridized carbons (Fsp3) is 0.214. The lowest BCUT2D eigenvalue weighted by Crippen LogP contribution is -2.26. The van der Waals surface area contributed by atoms with Gasteiger partial charge in [0.15, 0.2) is 4.96 Å². The van der Waals surface area contributed by atoms with Crippen molar-refractivity contribution in [1.29, 1.82) is 0 Å². The van der Waals surface area contributed by atoms with Crippen LogP contribution in [0.1, 0.15) is 11.3 Å². The van der Waals surface area contributed by atoms with E-state index in [9.17, 15) is 8.78 Å². The molecule has 0 spiro atoms. The van der Waals surface area contributed by atoms with Crippen LogP contribution >= 0.6 is 11.3 Å². The molecular weight excluding hydrogens is 280 g/mol. The van der Waals surface area contributed by atoms with Crippen LogP contribution in [0.15, 0.2) is 36.0 Å². The fourth-order valence-corrected chi connectivity index (χ4v) is 2.92. The highest BCUT2D eigenvalue weighted by molar-refractivity contribution is 7.15. The molecular formula is C14H13F2N3S. The standard InChI is InChI=1S/C14H13F2N3S/c15-12-2-1-3-13(16)11(12)7-9(17)6-10-8-19-4-5-20-14(19)18-10/h1-5,8-9H,6-7,17H2. The van der Waals surface area contributed by atoms with Gasteiger partial charge in [-0.25, -0.2) is 13.8 Å². The predicted molar refractivity (Wildman–Crippen MR) is 74.8 cm³/mol. The summed E-state index contributed by atoms with van der Waals surface area (Å²) in [6.45, 7) is 0. The Morgan fingerprint density at radius 2 is 2.00 bits per heavy atom. The highest BCUT2D eigenvalue weighted by Crippen LogP contribution is 2.16. The van der Waals surface area contributed by atoms with Crippen molar-refractivity contribution in [3.05, 3.63) is 58.9 Å². The number of benzene rings is 1. The molecule has 0 saturated carbocycles. The van der Waals surface area contributed by atoms with Crippen LogP contribution < -0.4 is 5.73 Å². The Bertz CT molecular complexity index is 686. The van der Waals surface area contributed by atoms with Gasteiger partial charge in [-0.15, -0.1) is 11.3 Å². The lowest BCUT2D eigenvalue weighted by Gasteiger charge is -2.11. The Balaban J connectivity index is 1.73. The topological polar surface area (TPSA) is 43.3 Å². The summed E-state index contributed by atoms with van der Waals surface area (Å²) < 4.78 is 29.0. The third kappa shape index (κ3) is 2.57. The molecule has 0 fully saturated rings. The van der Waals surface area contributed by atoms with Gasteiger partial charge >= 0.3 is 0 Å². The largest absolute Gasteiger partial charge is 0.327 e. The Morgan fingerprint density at radius 1 is 1.25 bits per heavy atom. The molecule has 2 aromatic heterocycles. The lowest BCUT2D eigenvalue weighted by molar-refractivity contribution is 0.532. The van der Waals surface area contributed by atoms with E-state index in [-0.39, 0.29) is 18.0 Å². The molecule has 3 aromatic rings. The summed E-state index contributed by atoms with van der Waals surface area (Å²) in [6, 6.07) is 3.48. The van der Waals surface area contributed by atoms with E-state index >= 15 is 0 Å². The molecule has 2 heterocycles. The van der Waals surface area contributed by atoms with Gasteiger partial charge in [-0.05, 0) is 18.6 Å². The smallest absolute Gasteiger partial charge is 0.193 e. The normalized spacial score (nSPS) is 12.9. The van der Waals surface area contributed by atoms with Gasteiger partial charge in [0.05, 0.1) is 5.69 Å². The van der Waals surface area contributed by atoms with Gasteiger partial charge in [0.1, 0.15) is 11.6 Å². The molecule has 0 aliphatic heterocycles. The van der Waals surface area contributed by atoms with Crippen LogP contribution in [0.25, 0.3) is 4.96 Å². The van der Waals surface area contributed by atoms with Gasteiger partial charge in [-0.3, -0.25) is 4.40 Å². The molecule has 104 valence electrons.